The topological polar surface area (TPSA) is 91.7 Å². The summed E-state index contributed by atoms with van der Waals surface area (Å²) in [5.41, 5.74) is 0. The molecular formula is C27H52O5. The molecule has 0 amide bonds. The van der Waals surface area contributed by atoms with Crippen LogP contribution in [0.25, 0.3) is 0 Å². The number of Topliss-reactive ketones (excluding diaryl/α,β-unsaturated/α-hetero) is 1. The van der Waals surface area contributed by atoms with E-state index in [1.165, 1.54) is 83.5 Å². The summed E-state index contributed by atoms with van der Waals surface area (Å²) < 4.78 is 0. The molecule has 0 aliphatic rings. The van der Waals surface area contributed by atoms with Crippen molar-refractivity contribution in [2.75, 3.05) is 0 Å². The minimum atomic E-state index is -0.671. The standard InChI is InChI=1S/C21H40O4.C6H12O/c22-20(23)18-16-14-12-10-8-6-4-2-1-3-5-7-9-11-13-15-17-19-21(24)25;1-5(2)4-6(3)7/h1-19H2,(H,22,23)(H,24,25);5H,4H2,1-3H3. The lowest BCUT2D eigenvalue weighted by atomic mass is 10.0. The highest BCUT2D eigenvalue weighted by Crippen LogP contribution is 2.14. The van der Waals surface area contributed by atoms with Crippen LogP contribution in [0.4, 0.5) is 0 Å². The molecule has 0 spiro atoms. The second-order valence-corrected chi connectivity index (χ2v) is 9.60. The zero-order valence-corrected chi connectivity index (χ0v) is 21.3. The van der Waals surface area contributed by atoms with Gasteiger partial charge in [-0.2, -0.15) is 0 Å². The lowest BCUT2D eigenvalue weighted by molar-refractivity contribution is -0.138. The van der Waals surface area contributed by atoms with Crippen LogP contribution in [0.1, 0.15) is 149 Å². The summed E-state index contributed by atoms with van der Waals surface area (Å²) in [4.78, 5) is 31.0. The SMILES string of the molecule is CC(=O)CC(C)C.O=C(O)CCCCCCCCCCCCCCCCCCCC(=O)O. The molecule has 0 aromatic heterocycles. The average Bonchev–Trinajstić information content (AvgIpc) is 2.68. The van der Waals surface area contributed by atoms with Gasteiger partial charge in [0.1, 0.15) is 5.78 Å². The van der Waals surface area contributed by atoms with E-state index in [9.17, 15) is 14.4 Å². The van der Waals surface area contributed by atoms with Gasteiger partial charge in [-0.3, -0.25) is 9.59 Å². The van der Waals surface area contributed by atoms with E-state index in [1.807, 2.05) is 13.8 Å². The van der Waals surface area contributed by atoms with E-state index in [0.29, 0.717) is 18.8 Å². The van der Waals surface area contributed by atoms with E-state index < -0.39 is 11.9 Å². The number of carbonyl (C=O) groups excluding carboxylic acids is 1. The lowest BCUT2D eigenvalue weighted by Gasteiger charge is -2.03. The van der Waals surface area contributed by atoms with Crippen LogP contribution in [0.15, 0.2) is 0 Å². The van der Waals surface area contributed by atoms with Crippen molar-refractivity contribution >= 4 is 17.7 Å². The zero-order chi connectivity index (χ0) is 24.5. The molecule has 0 aliphatic carbocycles. The van der Waals surface area contributed by atoms with Crippen LogP contribution in [-0.4, -0.2) is 27.9 Å². The minimum Gasteiger partial charge on any atom is -0.481 e. The molecule has 2 N–H and O–H groups in total. The Morgan fingerprint density at radius 3 is 0.844 bits per heavy atom. The van der Waals surface area contributed by atoms with Crippen LogP contribution in [0.5, 0.6) is 0 Å². The summed E-state index contributed by atoms with van der Waals surface area (Å²) in [6.45, 7) is 5.71. The Bertz CT molecular complexity index is 415. The Hall–Kier alpha value is -1.39. The Kier molecular flexibility index (Phi) is 26.5. The number of hydrogen-bond donors (Lipinski definition) is 2. The highest BCUT2D eigenvalue weighted by atomic mass is 16.4. The van der Waals surface area contributed by atoms with E-state index in [-0.39, 0.29) is 5.78 Å². The van der Waals surface area contributed by atoms with E-state index >= 15 is 0 Å². The van der Waals surface area contributed by atoms with Gasteiger partial charge in [0.25, 0.3) is 0 Å². The lowest BCUT2D eigenvalue weighted by Crippen LogP contribution is -1.95. The molecule has 0 aromatic carbocycles. The second-order valence-electron chi connectivity index (χ2n) is 9.60. The number of carboxylic acid groups (broad SMARTS) is 2. The molecule has 0 radical (unpaired) electrons. The van der Waals surface area contributed by atoms with Gasteiger partial charge in [-0.1, -0.05) is 110 Å². The minimum absolute atomic E-state index is 0.287. The fourth-order valence-electron chi connectivity index (χ4n) is 3.78. The Morgan fingerprint density at radius 2 is 0.719 bits per heavy atom. The molecule has 0 atom stereocenters. The van der Waals surface area contributed by atoms with Gasteiger partial charge in [-0.05, 0) is 25.7 Å². The maximum Gasteiger partial charge on any atom is 0.303 e. The number of ketones is 1. The predicted molar refractivity (Wildman–Crippen MR) is 133 cm³/mol. The molecule has 0 saturated heterocycles. The molecule has 0 fully saturated rings. The molecule has 32 heavy (non-hydrogen) atoms. The van der Waals surface area contributed by atoms with Crippen molar-refractivity contribution < 1.29 is 24.6 Å². The Balaban J connectivity index is 0. The maximum absolute atomic E-state index is 10.4. The third kappa shape index (κ3) is 36.0. The molecule has 0 rings (SSSR count). The van der Waals surface area contributed by atoms with Crippen molar-refractivity contribution in [2.24, 2.45) is 5.92 Å². The number of hydrogen-bond acceptors (Lipinski definition) is 3. The zero-order valence-electron chi connectivity index (χ0n) is 21.3. The number of carboxylic acids is 2. The molecule has 0 aliphatic heterocycles. The fraction of sp³-hybridized carbons (Fsp3) is 0.889. The van der Waals surface area contributed by atoms with Crippen molar-refractivity contribution in [3.05, 3.63) is 0 Å². The van der Waals surface area contributed by atoms with Gasteiger partial charge in [0, 0.05) is 19.3 Å². The molecule has 0 aromatic rings. The van der Waals surface area contributed by atoms with E-state index in [1.54, 1.807) is 6.92 Å². The van der Waals surface area contributed by atoms with Crippen LogP contribution in [0.3, 0.4) is 0 Å². The molecule has 5 nitrogen and oxygen atoms in total. The number of unbranched alkanes of at least 4 members (excludes halogenated alkanes) is 16. The smallest absolute Gasteiger partial charge is 0.303 e. The molecule has 190 valence electrons. The van der Waals surface area contributed by atoms with Gasteiger partial charge in [0.05, 0.1) is 0 Å². The van der Waals surface area contributed by atoms with Crippen LogP contribution < -0.4 is 0 Å². The summed E-state index contributed by atoms with van der Waals surface area (Å²) in [5, 5.41) is 17.1. The molecule has 0 heterocycles. The van der Waals surface area contributed by atoms with Crippen molar-refractivity contribution in [3.8, 4) is 0 Å². The summed E-state index contributed by atoms with van der Waals surface area (Å²) in [6.07, 6.45) is 22.1. The van der Waals surface area contributed by atoms with Crippen molar-refractivity contribution in [1.29, 1.82) is 0 Å². The Morgan fingerprint density at radius 1 is 0.500 bits per heavy atom. The monoisotopic (exact) mass is 456 g/mol. The summed E-state index contributed by atoms with van der Waals surface area (Å²) in [7, 11) is 0. The predicted octanol–water partition coefficient (Wildman–Crippen LogP) is 8.19. The molecule has 0 unspecified atom stereocenters. The van der Waals surface area contributed by atoms with Gasteiger partial charge < -0.3 is 15.0 Å². The normalized spacial score (nSPS) is 10.6. The molecule has 0 bridgehead atoms. The van der Waals surface area contributed by atoms with Crippen molar-refractivity contribution in [2.45, 2.75) is 149 Å². The first-order chi connectivity index (χ1) is 15.3. The van der Waals surface area contributed by atoms with Crippen molar-refractivity contribution in [3.63, 3.8) is 0 Å². The highest BCUT2D eigenvalue weighted by Gasteiger charge is 1.98. The van der Waals surface area contributed by atoms with Gasteiger partial charge >= 0.3 is 11.9 Å². The van der Waals surface area contributed by atoms with Crippen molar-refractivity contribution in [1.82, 2.24) is 0 Å². The molecule has 0 saturated carbocycles. The summed E-state index contributed by atoms with van der Waals surface area (Å²) in [5.74, 6) is -0.529. The average molecular weight is 457 g/mol. The van der Waals surface area contributed by atoms with Gasteiger partial charge in [0.15, 0.2) is 0 Å². The van der Waals surface area contributed by atoms with Crippen LogP contribution in [0.2, 0.25) is 0 Å². The maximum atomic E-state index is 10.4. The largest absolute Gasteiger partial charge is 0.481 e. The van der Waals surface area contributed by atoms with E-state index in [0.717, 1.165) is 32.1 Å². The van der Waals surface area contributed by atoms with Gasteiger partial charge in [-0.25, -0.2) is 0 Å². The first-order valence-corrected chi connectivity index (χ1v) is 13.2. The van der Waals surface area contributed by atoms with Crippen LogP contribution in [0, 0.1) is 5.92 Å². The molecular weight excluding hydrogens is 404 g/mol. The first-order valence-electron chi connectivity index (χ1n) is 13.2. The second kappa shape index (κ2) is 25.9. The van der Waals surface area contributed by atoms with E-state index in [2.05, 4.69) is 0 Å². The summed E-state index contributed by atoms with van der Waals surface area (Å²) >= 11 is 0. The Labute approximate surface area is 197 Å². The van der Waals surface area contributed by atoms with Gasteiger partial charge in [0.2, 0.25) is 0 Å². The highest BCUT2D eigenvalue weighted by molar-refractivity contribution is 5.75. The summed E-state index contributed by atoms with van der Waals surface area (Å²) in [6, 6.07) is 0. The first kappa shape index (κ1) is 32.8. The number of carbonyl (C=O) groups is 3. The fourth-order valence-corrected chi connectivity index (χ4v) is 3.78. The van der Waals surface area contributed by atoms with Gasteiger partial charge in [-0.15, -0.1) is 0 Å². The van der Waals surface area contributed by atoms with E-state index in [4.69, 9.17) is 10.2 Å². The third-order valence-corrected chi connectivity index (χ3v) is 5.48. The quantitative estimate of drug-likeness (QED) is 0.160. The van der Waals surface area contributed by atoms with Crippen LogP contribution >= 0.6 is 0 Å². The number of rotatable bonds is 22. The number of aliphatic carboxylic acids is 2. The molecule has 5 heteroatoms. The third-order valence-electron chi connectivity index (χ3n) is 5.48. The van der Waals surface area contributed by atoms with Crippen LogP contribution in [-0.2, 0) is 14.4 Å².